The Morgan fingerprint density at radius 2 is 0.642 bits per heavy atom. The van der Waals surface area contributed by atoms with Crippen LogP contribution < -0.4 is 38.5 Å². The first-order valence-electron chi connectivity index (χ1n) is 42.1. The zero-order chi connectivity index (χ0) is 101. The third-order valence-electron chi connectivity index (χ3n) is 21.6. The number of sulfonamides is 4. The molecule has 4 saturated heterocycles. The normalized spacial score (nSPS) is 14.2. The number of anilines is 4. The lowest BCUT2D eigenvalue weighted by Crippen LogP contribution is -2.55. The largest absolute Gasteiger partial charge is 0.478 e. The topological polar surface area (TPSA) is 553 Å². The summed E-state index contributed by atoms with van der Waals surface area (Å²) >= 11 is 35.3. The molecule has 4 aliphatic rings. The van der Waals surface area contributed by atoms with Gasteiger partial charge in [0.05, 0.1) is 157 Å². The highest BCUT2D eigenvalue weighted by atomic mass is 35.5. The van der Waals surface area contributed by atoms with Crippen molar-refractivity contribution in [3.8, 4) is 30.3 Å². The van der Waals surface area contributed by atoms with Gasteiger partial charge in [0.25, 0.3) is 0 Å². The van der Waals surface area contributed by atoms with Gasteiger partial charge in [0.15, 0.2) is 0 Å². The standard InChI is InChI=1S/C25H27N5O5S.C23H24Cl2N4O5S.2C21H20Cl2N4O5S/c1-16(2)35-25(32)22-12-21(14-27)23(28-17(22)3)30-10-8-20(9-11-30)24(31)29-36(33,34)15-19-6-4-18(13-26)5-7-19;1-3-34-23(31)18-11-17(12-26)21(27-14(18)2)29-8-6-16(7-9-29)22(30)28-35(32,33)13-15-4-5-19(24)20(25)10-15;1-12-16(21(29)30)9-15(10-24)19(25-12)27-6-4-14(5-7-27)20(28)26-33(31,32)11-13-2-3-17(22)18(23)8-13;1-3-32-21(29)16-7-14(8-24)19(25-12(16)2)27-9-15(10-27)20(28)26-33(30,31)11-13-4-5-17(22)18(23)6-13/h4-7,12,16,20H,8-11,15H2,1-3H3,(H,29,31);4-5,10-11,16H,3,6-9,13H2,1-2H3,(H,28,30);2-3,8-9,14H,4-7,11H2,1H3,(H,26,28)(H,29,30);4-7,15H,3,9-11H2,1-2H3,(H,26,28). The lowest BCUT2D eigenvalue weighted by Gasteiger charge is -2.39. The van der Waals surface area contributed by atoms with Crippen LogP contribution in [0, 0.1) is 108 Å². The molecule has 5 N–H and O–H groups in total. The summed E-state index contributed by atoms with van der Waals surface area (Å²) in [6.45, 7) is 16.4. The number of ether oxygens (including phenoxy) is 3. The van der Waals surface area contributed by atoms with Gasteiger partial charge in [-0.2, -0.15) is 26.3 Å². The number of carboxylic acid groups (broad SMARTS) is 1. The molecule has 8 aromatic rings. The lowest BCUT2D eigenvalue weighted by atomic mass is 9.96. The van der Waals surface area contributed by atoms with Crippen molar-refractivity contribution in [1.29, 1.82) is 26.3 Å². The number of nitrogens with zero attached hydrogens (tertiary/aromatic N) is 13. The summed E-state index contributed by atoms with van der Waals surface area (Å²) in [7, 11) is -15.7. The maximum Gasteiger partial charge on any atom is 0.340 e. The summed E-state index contributed by atoms with van der Waals surface area (Å²) in [5.74, 6) is -7.49. The van der Waals surface area contributed by atoms with Gasteiger partial charge in [0.2, 0.25) is 63.7 Å². The lowest BCUT2D eigenvalue weighted by molar-refractivity contribution is -0.124. The summed E-state index contributed by atoms with van der Waals surface area (Å²) in [4.78, 5) is 123. The highest BCUT2D eigenvalue weighted by Gasteiger charge is 2.39. The van der Waals surface area contributed by atoms with Gasteiger partial charge in [-0.3, -0.25) is 38.1 Å². The number of amides is 4. The molecule has 37 nitrogen and oxygen atoms in total. The Morgan fingerprint density at radius 1 is 0.380 bits per heavy atom. The number of carbonyl (C=O) groups is 8. The molecule has 0 bridgehead atoms. The molecule has 722 valence electrons. The Kier molecular flexibility index (Phi) is 37.8. The number of carbonyl (C=O) groups excluding carboxylic acids is 7. The Hall–Kier alpha value is -12.6. The molecule has 4 fully saturated rings. The van der Waals surface area contributed by atoms with Crippen LogP contribution in [-0.2, 0) is 96.5 Å². The number of hydrogen-bond donors (Lipinski definition) is 5. The Labute approximate surface area is 821 Å². The van der Waals surface area contributed by atoms with Crippen LogP contribution in [0.25, 0.3) is 0 Å². The summed E-state index contributed by atoms with van der Waals surface area (Å²) in [6.07, 6.45) is 1.89. The van der Waals surface area contributed by atoms with Crippen LogP contribution in [0.5, 0.6) is 0 Å². The van der Waals surface area contributed by atoms with Crippen LogP contribution in [0.4, 0.5) is 23.3 Å². The van der Waals surface area contributed by atoms with E-state index in [2.05, 4.69) is 51.0 Å². The molecular weight excluding hydrogens is 1980 g/mol. The molecule has 137 heavy (non-hydrogen) atoms. The number of aromatic nitrogens is 4. The van der Waals surface area contributed by atoms with E-state index in [0.717, 1.165) is 0 Å². The predicted molar refractivity (Wildman–Crippen MR) is 508 cm³/mol. The third kappa shape index (κ3) is 30.0. The molecule has 8 heterocycles. The fourth-order valence-electron chi connectivity index (χ4n) is 14.6. The van der Waals surface area contributed by atoms with E-state index in [9.17, 15) is 98.2 Å². The number of hydrogen-bond acceptors (Lipinski definition) is 32. The number of halogens is 6. The van der Waals surface area contributed by atoms with E-state index in [1.807, 2.05) is 28.0 Å². The van der Waals surface area contributed by atoms with E-state index in [1.165, 1.54) is 103 Å². The second-order valence-corrected chi connectivity index (χ2v) is 41.3. The average molecular weight is 2070 g/mol. The zero-order valence-electron chi connectivity index (χ0n) is 74.8. The van der Waals surface area contributed by atoms with Crippen molar-refractivity contribution in [2.24, 2.45) is 23.7 Å². The monoisotopic (exact) mass is 2070 g/mol. The molecule has 4 aromatic carbocycles. The first kappa shape index (κ1) is 108. The average Bonchev–Trinajstić information content (AvgIpc) is 1.14. The van der Waals surface area contributed by atoms with Gasteiger partial charge in [-0.1, -0.05) is 99.9 Å². The van der Waals surface area contributed by atoms with E-state index in [0.29, 0.717) is 161 Å². The number of nitriles is 5. The Morgan fingerprint density at radius 3 is 0.912 bits per heavy atom. The minimum atomic E-state index is -3.95. The number of esters is 3. The zero-order valence-corrected chi connectivity index (χ0v) is 82.6. The van der Waals surface area contributed by atoms with Gasteiger partial charge in [0.1, 0.15) is 47.5 Å². The number of aromatic carboxylic acids is 1. The molecule has 0 saturated carbocycles. The van der Waals surface area contributed by atoms with Crippen LogP contribution in [0.1, 0.15) is 180 Å². The van der Waals surface area contributed by atoms with Crippen LogP contribution >= 0.6 is 69.6 Å². The number of benzene rings is 4. The molecule has 4 aromatic heterocycles. The molecular formula is C90H91Cl6N17O20S4. The first-order chi connectivity index (χ1) is 64.6. The van der Waals surface area contributed by atoms with Crippen molar-refractivity contribution in [2.75, 3.05) is 85.2 Å². The van der Waals surface area contributed by atoms with Gasteiger partial charge in [-0.15, -0.1) is 0 Å². The van der Waals surface area contributed by atoms with Gasteiger partial charge in [-0.05, 0) is 189 Å². The molecule has 47 heteroatoms. The Balaban J connectivity index is 0.000000205. The SMILES string of the molecule is CCOC(=O)c1cc(C#N)c(N2CC(C(=O)NS(=O)(=O)Cc3ccc(Cl)c(Cl)c3)C2)nc1C.CCOC(=O)c1cc(C#N)c(N2CCC(C(=O)NS(=O)(=O)Cc3ccc(Cl)c(Cl)c3)CC2)nc1C.Cc1nc(N2CCC(C(=O)NS(=O)(=O)Cc3ccc(C#N)cc3)CC2)c(C#N)cc1C(=O)OC(C)C.Cc1nc(N2CCC(C(=O)NS(=O)(=O)Cc3ccc(Cl)c(Cl)c3)CC2)c(C#N)cc1C(=O)O. The van der Waals surface area contributed by atoms with Crippen molar-refractivity contribution < 1.29 is 91.3 Å². The fraction of sp³-hybridized carbons (Fsp3) is 0.367. The van der Waals surface area contributed by atoms with Gasteiger partial charge in [-0.25, -0.2) is 72.8 Å². The van der Waals surface area contributed by atoms with Crippen LogP contribution in [0.2, 0.25) is 30.1 Å². The fourth-order valence-corrected chi connectivity index (χ4v) is 20.2. The van der Waals surface area contributed by atoms with Crippen LogP contribution in [0.15, 0.2) is 103 Å². The van der Waals surface area contributed by atoms with Crippen molar-refractivity contribution in [1.82, 2.24) is 38.8 Å². The molecule has 0 atom stereocenters. The molecule has 0 spiro atoms. The van der Waals surface area contributed by atoms with E-state index in [4.69, 9.17) is 89.1 Å². The molecule has 12 rings (SSSR count). The summed E-state index contributed by atoms with van der Waals surface area (Å²) in [5, 5.41) is 57.8. The predicted octanol–water partition coefficient (Wildman–Crippen LogP) is 12.1. The second-order valence-electron chi connectivity index (χ2n) is 32.0. The number of carboxylic acids is 1. The van der Waals surface area contributed by atoms with Crippen molar-refractivity contribution >= 4 is 180 Å². The van der Waals surface area contributed by atoms with E-state index < -0.39 is 129 Å². The molecule has 0 aliphatic carbocycles. The van der Waals surface area contributed by atoms with E-state index >= 15 is 0 Å². The number of aryl methyl sites for hydroxylation is 4. The second kappa shape index (κ2) is 47.9. The van der Waals surface area contributed by atoms with Crippen LogP contribution in [-0.4, -0.2) is 178 Å². The maximum absolute atomic E-state index is 12.7. The molecule has 4 aliphatic heterocycles. The van der Waals surface area contributed by atoms with Crippen LogP contribution in [0.3, 0.4) is 0 Å². The minimum Gasteiger partial charge on any atom is -0.478 e. The molecule has 4 amide bonds. The van der Waals surface area contributed by atoms with Gasteiger partial charge < -0.3 is 38.9 Å². The quantitative estimate of drug-likeness (QED) is 0.0236. The van der Waals surface area contributed by atoms with Crippen molar-refractivity contribution in [3.05, 3.63) is 228 Å². The van der Waals surface area contributed by atoms with Gasteiger partial charge >= 0.3 is 23.9 Å². The Bertz CT molecular complexity index is 6720. The number of rotatable bonds is 27. The highest BCUT2D eigenvalue weighted by Crippen LogP contribution is 2.35. The number of piperidine rings is 3. The van der Waals surface area contributed by atoms with Crippen molar-refractivity contribution in [2.45, 2.75) is 123 Å². The molecule has 0 unspecified atom stereocenters. The first-order valence-corrected chi connectivity index (χ1v) is 50.9. The number of pyridine rings is 4. The third-order valence-corrected chi connectivity index (χ3v) is 28.7. The van der Waals surface area contributed by atoms with E-state index in [-0.39, 0.29) is 103 Å². The smallest absolute Gasteiger partial charge is 0.340 e. The van der Waals surface area contributed by atoms with Crippen molar-refractivity contribution in [3.63, 3.8) is 0 Å². The maximum atomic E-state index is 12.7. The molecule has 0 radical (unpaired) electrons. The van der Waals surface area contributed by atoms with E-state index in [1.54, 1.807) is 65.2 Å². The summed E-state index contributed by atoms with van der Waals surface area (Å²) < 4.78 is 123. The highest BCUT2D eigenvalue weighted by molar-refractivity contribution is 7.90. The number of nitrogens with one attached hydrogen (secondary N) is 4. The van der Waals surface area contributed by atoms with Gasteiger partial charge in [0, 0.05) is 70.1 Å². The summed E-state index contributed by atoms with van der Waals surface area (Å²) in [6, 6.07) is 35.2. The minimum absolute atomic E-state index is 0.0447. The summed E-state index contributed by atoms with van der Waals surface area (Å²) in [5.41, 5.74) is 4.97.